The first kappa shape index (κ1) is 12.7. The first-order valence-electron chi connectivity index (χ1n) is 6.19. The van der Waals surface area contributed by atoms with Crippen LogP contribution in [0.25, 0.3) is 0 Å². The van der Waals surface area contributed by atoms with Gasteiger partial charge in [0.2, 0.25) is 5.91 Å². The van der Waals surface area contributed by atoms with E-state index in [1.807, 2.05) is 19.1 Å². The number of terminal acetylenes is 1. The molecule has 2 rings (SSSR count). The Labute approximate surface area is 106 Å². The molecule has 0 spiro atoms. The second-order valence-electron chi connectivity index (χ2n) is 5.16. The van der Waals surface area contributed by atoms with Crippen molar-refractivity contribution in [2.75, 3.05) is 0 Å². The highest BCUT2D eigenvalue weighted by Crippen LogP contribution is 2.48. The highest BCUT2D eigenvalue weighted by atomic mass is 16.4. The van der Waals surface area contributed by atoms with E-state index < -0.39 is 17.8 Å². The number of aliphatic carboxylic acids is 1. The fourth-order valence-corrected chi connectivity index (χ4v) is 3.08. The fourth-order valence-electron chi connectivity index (χ4n) is 3.08. The molecule has 1 saturated carbocycles. The lowest BCUT2D eigenvalue weighted by Crippen LogP contribution is -2.43. The minimum atomic E-state index is -0.878. The SMILES string of the molecule is C#CCC(C)NC(=O)[C@H]1C2C=CC(C2)[C@H]1C(=O)O. The monoisotopic (exact) mass is 247 g/mol. The van der Waals surface area contributed by atoms with Crippen LogP contribution in [0.15, 0.2) is 12.2 Å². The van der Waals surface area contributed by atoms with Crippen molar-refractivity contribution in [3.8, 4) is 12.3 Å². The number of amides is 1. The molecule has 0 saturated heterocycles. The Morgan fingerprint density at radius 3 is 2.61 bits per heavy atom. The van der Waals surface area contributed by atoms with Crippen molar-refractivity contribution < 1.29 is 14.7 Å². The lowest BCUT2D eigenvalue weighted by molar-refractivity contribution is -0.148. The fraction of sp³-hybridized carbons (Fsp3) is 0.571. The van der Waals surface area contributed by atoms with Gasteiger partial charge >= 0.3 is 5.97 Å². The molecule has 0 heterocycles. The first-order valence-corrected chi connectivity index (χ1v) is 6.19. The van der Waals surface area contributed by atoms with Crippen LogP contribution in [0.2, 0.25) is 0 Å². The van der Waals surface area contributed by atoms with Gasteiger partial charge in [0.25, 0.3) is 0 Å². The second-order valence-corrected chi connectivity index (χ2v) is 5.16. The van der Waals surface area contributed by atoms with Gasteiger partial charge < -0.3 is 10.4 Å². The third kappa shape index (κ3) is 2.13. The summed E-state index contributed by atoms with van der Waals surface area (Å²) in [6, 6.07) is -0.111. The molecule has 0 aromatic carbocycles. The molecule has 4 heteroatoms. The van der Waals surface area contributed by atoms with Gasteiger partial charge in [-0.1, -0.05) is 12.2 Å². The van der Waals surface area contributed by atoms with Crippen LogP contribution in [0.5, 0.6) is 0 Å². The molecular formula is C14H17NO3. The zero-order chi connectivity index (χ0) is 13.3. The van der Waals surface area contributed by atoms with E-state index in [2.05, 4.69) is 11.2 Å². The summed E-state index contributed by atoms with van der Waals surface area (Å²) in [5.41, 5.74) is 0. The Kier molecular flexibility index (Phi) is 3.42. The van der Waals surface area contributed by atoms with E-state index in [9.17, 15) is 14.7 Å². The molecule has 3 unspecified atom stereocenters. The van der Waals surface area contributed by atoms with E-state index in [-0.39, 0.29) is 23.8 Å². The maximum atomic E-state index is 12.2. The number of hydrogen-bond acceptors (Lipinski definition) is 2. The number of allylic oxidation sites excluding steroid dienone is 2. The number of carboxylic acid groups (broad SMARTS) is 1. The quantitative estimate of drug-likeness (QED) is 0.576. The summed E-state index contributed by atoms with van der Waals surface area (Å²) in [5.74, 6) is 0.468. The van der Waals surface area contributed by atoms with E-state index in [0.717, 1.165) is 6.42 Å². The molecule has 18 heavy (non-hydrogen) atoms. The predicted molar refractivity (Wildman–Crippen MR) is 66.4 cm³/mol. The molecule has 96 valence electrons. The van der Waals surface area contributed by atoms with Crippen molar-refractivity contribution in [3.63, 3.8) is 0 Å². The minimum Gasteiger partial charge on any atom is -0.481 e. The Morgan fingerprint density at radius 2 is 2.06 bits per heavy atom. The highest BCUT2D eigenvalue weighted by Gasteiger charge is 2.51. The number of carboxylic acids is 1. The Balaban J connectivity index is 2.08. The Hall–Kier alpha value is -1.76. The van der Waals surface area contributed by atoms with E-state index in [1.165, 1.54) is 0 Å². The van der Waals surface area contributed by atoms with Crippen LogP contribution < -0.4 is 5.32 Å². The van der Waals surface area contributed by atoms with Crippen LogP contribution in [0, 0.1) is 36.0 Å². The van der Waals surface area contributed by atoms with Crippen LogP contribution in [0.4, 0.5) is 0 Å². The van der Waals surface area contributed by atoms with Gasteiger partial charge in [-0.15, -0.1) is 12.3 Å². The summed E-state index contributed by atoms with van der Waals surface area (Å²) in [4.78, 5) is 23.4. The highest BCUT2D eigenvalue weighted by molar-refractivity contribution is 5.87. The lowest BCUT2D eigenvalue weighted by atomic mass is 9.82. The lowest BCUT2D eigenvalue weighted by Gasteiger charge is -2.25. The van der Waals surface area contributed by atoms with Crippen LogP contribution in [0.1, 0.15) is 19.8 Å². The average molecular weight is 247 g/mol. The zero-order valence-corrected chi connectivity index (χ0v) is 10.3. The number of hydrogen-bond donors (Lipinski definition) is 2. The van der Waals surface area contributed by atoms with Gasteiger partial charge in [0, 0.05) is 12.5 Å². The molecule has 2 aliphatic rings. The van der Waals surface area contributed by atoms with Crippen molar-refractivity contribution in [2.45, 2.75) is 25.8 Å². The molecule has 0 aromatic heterocycles. The van der Waals surface area contributed by atoms with Crippen molar-refractivity contribution in [1.82, 2.24) is 5.32 Å². The molecule has 0 aromatic rings. The first-order chi connectivity index (χ1) is 8.54. The standard InChI is InChI=1S/C14H17NO3/c1-3-4-8(2)15-13(16)11-9-5-6-10(7-9)12(11)14(17)18/h1,5-6,8-12H,4,7H2,2H3,(H,15,16)(H,17,18)/t8?,9?,10?,11-,12+/m0/s1. The molecule has 0 radical (unpaired) electrons. The molecule has 1 amide bonds. The molecular weight excluding hydrogens is 230 g/mol. The molecule has 2 aliphatic carbocycles. The smallest absolute Gasteiger partial charge is 0.307 e. The van der Waals surface area contributed by atoms with Gasteiger partial charge in [0.15, 0.2) is 0 Å². The maximum absolute atomic E-state index is 12.2. The summed E-state index contributed by atoms with van der Waals surface area (Å²) in [5, 5.41) is 12.1. The zero-order valence-electron chi connectivity index (χ0n) is 10.3. The molecule has 5 atom stereocenters. The Bertz CT molecular complexity index is 435. The van der Waals surface area contributed by atoms with Gasteiger partial charge in [-0.2, -0.15) is 0 Å². The number of carbonyl (C=O) groups is 2. The van der Waals surface area contributed by atoms with Crippen molar-refractivity contribution in [3.05, 3.63) is 12.2 Å². The molecule has 2 bridgehead atoms. The number of carbonyl (C=O) groups excluding carboxylic acids is 1. The third-order valence-electron chi connectivity index (χ3n) is 3.86. The second kappa shape index (κ2) is 4.85. The Morgan fingerprint density at radius 1 is 1.44 bits per heavy atom. The number of fused-ring (bicyclic) bond motifs is 2. The summed E-state index contributed by atoms with van der Waals surface area (Å²) in [6.45, 7) is 1.83. The van der Waals surface area contributed by atoms with E-state index in [4.69, 9.17) is 6.42 Å². The van der Waals surface area contributed by atoms with Gasteiger partial charge in [-0.25, -0.2) is 0 Å². The molecule has 0 aliphatic heterocycles. The van der Waals surface area contributed by atoms with E-state index >= 15 is 0 Å². The predicted octanol–water partition coefficient (Wildman–Crippen LogP) is 1.04. The van der Waals surface area contributed by atoms with Gasteiger partial charge in [0.05, 0.1) is 11.8 Å². The van der Waals surface area contributed by atoms with Gasteiger partial charge in [0.1, 0.15) is 0 Å². The third-order valence-corrected chi connectivity index (χ3v) is 3.86. The normalized spacial score (nSPS) is 34.0. The topological polar surface area (TPSA) is 66.4 Å². The minimum absolute atomic E-state index is 0.00573. The maximum Gasteiger partial charge on any atom is 0.307 e. The van der Waals surface area contributed by atoms with E-state index in [0.29, 0.717) is 6.42 Å². The van der Waals surface area contributed by atoms with Crippen molar-refractivity contribution in [1.29, 1.82) is 0 Å². The number of nitrogens with one attached hydrogen (secondary N) is 1. The number of rotatable bonds is 4. The van der Waals surface area contributed by atoms with Crippen molar-refractivity contribution in [2.24, 2.45) is 23.7 Å². The van der Waals surface area contributed by atoms with Crippen molar-refractivity contribution >= 4 is 11.9 Å². The summed E-state index contributed by atoms with van der Waals surface area (Å²) >= 11 is 0. The van der Waals surface area contributed by atoms with Crippen LogP contribution >= 0.6 is 0 Å². The molecule has 2 N–H and O–H groups in total. The summed E-state index contributed by atoms with van der Waals surface area (Å²) in [6.07, 6.45) is 10.3. The van der Waals surface area contributed by atoms with Crippen LogP contribution in [0.3, 0.4) is 0 Å². The van der Waals surface area contributed by atoms with Gasteiger partial charge in [-0.3, -0.25) is 9.59 Å². The largest absolute Gasteiger partial charge is 0.481 e. The summed E-state index contributed by atoms with van der Waals surface area (Å²) < 4.78 is 0. The average Bonchev–Trinajstić information content (AvgIpc) is 2.88. The van der Waals surface area contributed by atoms with Gasteiger partial charge in [-0.05, 0) is 25.2 Å². The summed E-state index contributed by atoms with van der Waals surface area (Å²) in [7, 11) is 0. The van der Waals surface area contributed by atoms with E-state index in [1.54, 1.807) is 0 Å². The molecule has 1 fully saturated rings. The molecule has 4 nitrogen and oxygen atoms in total. The van der Waals surface area contributed by atoms with Crippen LogP contribution in [-0.2, 0) is 9.59 Å². The van der Waals surface area contributed by atoms with Crippen LogP contribution in [-0.4, -0.2) is 23.0 Å².